The van der Waals surface area contributed by atoms with Crippen molar-refractivity contribution in [1.82, 2.24) is 5.16 Å². The molecule has 3 aromatic rings. The summed E-state index contributed by atoms with van der Waals surface area (Å²) in [4.78, 5) is 3.85. The number of guanidine groups is 1. The van der Waals surface area contributed by atoms with Crippen molar-refractivity contribution in [3.8, 4) is 11.1 Å². The summed E-state index contributed by atoms with van der Waals surface area (Å²) in [5.74, 6) is -0.0753. The molecule has 0 bridgehead atoms. The monoisotopic (exact) mass is 338 g/mol. The molecule has 0 atom stereocenters. The lowest BCUT2D eigenvalue weighted by atomic mass is 9.81. The highest BCUT2D eigenvalue weighted by Crippen LogP contribution is 2.34. The van der Waals surface area contributed by atoms with Crippen LogP contribution in [0.2, 0.25) is 0 Å². The van der Waals surface area contributed by atoms with Crippen LogP contribution in [0.4, 0.5) is 10.3 Å². The van der Waals surface area contributed by atoms with Gasteiger partial charge in [0.1, 0.15) is 5.82 Å². The van der Waals surface area contributed by atoms with E-state index in [9.17, 15) is 4.39 Å². The van der Waals surface area contributed by atoms with Crippen LogP contribution in [0.1, 0.15) is 25.1 Å². The topological polar surface area (TPSA) is 90.4 Å². The Labute approximate surface area is 145 Å². The maximum absolute atomic E-state index is 13.9. The van der Waals surface area contributed by atoms with Gasteiger partial charge < -0.3 is 16.0 Å². The molecule has 1 heterocycles. The maximum atomic E-state index is 13.9. The molecular formula is C19H19FN4O. The molecule has 0 amide bonds. The first-order valence-corrected chi connectivity index (χ1v) is 7.80. The molecule has 2 aromatic carbocycles. The zero-order valence-electron chi connectivity index (χ0n) is 14.0. The fraction of sp³-hybridized carbons (Fsp3) is 0.158. The van der Waals surface area contributed by atoms with Crippen molar-refractivity contribution in [1.29, 1.82) is 0 Å². The summed E-state index contributed by atoms with van der Waals surface area (Å²) in [5.41, 5.74) is 13.4. The minimum atomic E-state index is -0.422. The number of hydrogen-bond acceptors (Lipinski definition) is 3. The molecule has 0 aliphatic heterocycles. The van der Waals surface area contributed by atoms with E-state index in [0.29, 0.717) is 11.3 Å². The standard InChI is InChI=1S/C19H19FN4O/c1-19(2,16-11-17(25-24-16)23-18(21)22)13-9-7-12(8-10-13)14-5-3-4-6-15(14)20/h3-11H,1-2H3,(H4,21,22,23). The van der Waals surface area contributed by atoms with Crippen molar-refractivity contribution in [3.05, 3.63) is 71.7 Å². The smallest absolute Gasteiger partial charge is 0.253 e. The highest BCUT2D eigenvalue weighted by atomic mass is 19.1. The number of hydrogen-bond donors (Lipinski definition) is 2. The number of nitrogens with two attached hydrogens (primary N) is 2. The molecule has 0 aliphatic rings. The molecule has 3 rings (SSSR count). The van der Waals surface area contributed by atoms with E-state index in [-0.39, 0.29) is 17.7 Å². The number of aromatic nitrogens is 1. The van der Waals surface area contributed by atoms with Gasteiger partial charge in [0.25, 0.3) is 5.88 Å². The fourth-order valence-corrected chi connectivity index (χ4v) is 2.65. The van der Waals surface area contributed by atoms with E-state index in [1.807, 2.05) is 44.2 Å². The Balaban J connectivity index is 1.92. The normalized spacial score (nSPS) is 11.3. The number of nitrogens with zero attached hydrogens (tertiary/aromatic N) is 2. The Morgan fingerprint density at radius 3 is 2.40 bits per heavy atom. The van der Waals surface area contributed by atoms with Gasteiger partial charge in [-0.05, 0) is 17.2 Å². The van der Waals surface area contributed by atoms with Crippen LogP contribution >= 0.6 is 0 Å². The molecule has 0 fully saturated rings. The fourth-order valence-electron chi connectivity index (χ4n) is 2.65. The highest BCUT2D eigenvalue weighted by molar-refractivity contribution is 5.78. The first-order valence-electron chi connectivity index (χ1n) is 7.80. The van der Waals surface area contributed by atoms with Crippen LogP contribution in [-0.2, 0) is 5.41 Å². The van der Waals surface area contributed by atoms with Crippen LogP contribution in [0.5, 0.6) is 0 Å². The second kappa shape index (κ2) is 6.39. The van der Waals surface area contributed by atoms with Crippen LogP contribution in [0.25, 0.3) is 11.1 Å². The Kier molecular flexibility index (Phi) is 4.27. The van der Waals surface area contributed by atoms with E-state index in [4.69, 9.17) is 16.0 Å². The van der Waals surface area contributed by atoms with Crippen molar-refractivity contribution < 1.29 is 8.91 Å². The third kappa shape index (κ3) is 3.38. The van der Waals surface area contributed by atoms with Gasteiger partial charge in [-0.3, -0.25) is 0 Å². The maximum Gasteiger partial charge on any atom is 0.253 e. The van der Waals surface area contributed by atoms with Gasteiger partial charge in [-0.1, -0.05) is 61.5 Å². The molecule has 6 heteroatoms. The Hall–Kier alpha value is -3.15. The number of rotatable bonds is 4. The lowest BCUT2D eigenvalue weighted by Crippen LogP contribution is -2.21. The van der Waals surface area contributed by atoms with Gasteiger partial charge in [0.2, 0.25) is 0 Å². The summed E-state index contributed by atoms with van der Waals surface area (Å²) in [6, 6.07) is 16.1. The molecule has 0 unspecified atom stereocenters. The van der Waals surface area contributed by atoms with Crippen molar-refractivity contribution in [2.24, 2.45) is 16.5 Å². The summed E-state index contributed by atoms with van der Waals surface area (Å²) < 4.78 is 19.1. The van der Waals surface area contributed by atoms with Gasteiger partial charge in [0.05, 0.1) is 5.69 Å². The molecule has 5 nitrogen and oxygen atoms in total. The van der Waals surface area contributed by atoms with Gasteiger partial charge in [-0.25, -0.2) is 4.39 Å². The van der Waals surface area contributed by atoms with Gasteiger partial charge >= 0.3 is 0 Å². The minimum absolute atomic E-state index is 0.0882. The van der Waals surface area contributed by atoms with E-state index >= 15 is 0 Å². The molecular weight excluding hydrogens is 319 g/mol. The van der Waals surface area contributed by atoms with E-state index in [1.165, 1.54) is 6.07 Å². The highest BCUT2D eigenvalue weighted by Gasteiger charge is 2.27. The quantitative estimate of drug-likeness (QED) is 0.560. The first kappa shape index (κ1) is 16.7. The zero-order valence-corrected chi connectivity index (χ0v) is 14.0. The predicted molar refractivity (Wildman–Crippen MR) is 95.9 cm³/mol. The molecule has 1 aromatic heterocycles. The molecule has 0 saturated heterocycles. The van der Waals surface area contributed by atoms with E-state index in [1.54, 1.807) is 18.2 Å². The van der Waals surface area contributed by atoms with E-state index in [0.717, 1.165) is 11.1 Å². The lowest BCUT2D eigenvalue weighted by Gasteiger charge is -2.22. The van der Waals surface area contributed by atoms with Crippen molar-refractivity contribution in [2.45, 2.75) is 19.3 Å². The third-order valence-electron chi connectivity index (χ3n) is 4.17. The van der Waals surface area contributed by atoms with Crippen molar-refractivity contribution in [2.75, 3.05) is 0 Å². The van der Waals surface area contributed by atoms with Gasteiger partial charge in [-0.15, -0.1) is 0 Å². The van der Waals surface area contributed by atoms with Gasteiger partial charge in [0.15, 0.2) is 5.96 Å². The van der Waals surface area contributed by atoms with Crippen LogP contribution in [0.3, 0.4) is 0 Å². The Bertz CT molecular complexity index is 909. The van der Waals surface area contributed by atoms with Crippen LogP contribution < -0.4 is 11.5 Å². The average molecular weight is 338 g/mol. The first-order chi connectivity index (χ1) is 11.9. The SMILES string of the molecule is CC(C)(c1ccc(-c2ccccc2F)cc1)c1cc(N=C(N)N)on1. The summed E-state index contributed by atoms with van der Waals surface area (Å²) >= 11 is 0. The van der Waals surface area contributed by atoms with Crippen LogP contribution in [0, 0.1) is 5.82 Å². The lowest BCUT2D eigenvalue weighted by molar-refractivity contribution is 0.406. The number of benzene rings is 2. The van der Waals surface area contributed by atoms with Gasteiger partial charge in [-0.2, -0.15) is 4.99 Å². The average Bonchev–Trinajstić information content (AvgIpc) is 3.04. The molecule has 0 spiro atoms. The summed E-state index contributed by atoms with van der Waals surface area (Å²) in [5, 5.41) is 4.06. The van der Waals surface area contributed by atoms with Crippen LogP contribution in [0.15, 0.2) is 64.1 Å². The Morgan fingerprint density at radius 2 is 1.76 bits per heavy atom. The van der Waals surface area contributed by atoms with E-state index < -0.39 is 5.41 Å². The number of halogens is 1. The molecule has 0 aliphatic carbocycles. The predicted octanol–water partition coefficient (Wildman–Crippen LogP) is 3.71. The molecule has 128 valence electrons. The number of aliphatic imine (C=N–C) groups is 1. The van der Waals surface area contributed by atoms with E-state index in [2.05, 4.69) is 10.1 Å². The summed E-state index contributed by atoms with van der Waals surface area (Å²) in [6.07, 6.45) is 0. The molecule has 25 heavy (non-hydrogen) atoms. The third-order valence-corrected chi connectivity index (χ3v) is 4.17. The second-order valence-corrected chi connectivity index (χ2v) is 6.27. The molecule has 0 radical (unpaired) electrons. The van der Waals surface area contributed by atoms with Crippen molar-refractivity contribution in [3.63, 3.8) is 0 Å². The van der Waals surface area contributed by atoms with Crippen LogP contribution in [-0.4, -0.2) is 11.1 Å². The molecule has 0 saturated carbocycles. The minimum Gasteiger partial charge on any atom is -0.370 e. The molecule has 4 N–H and O–H groups in total. The zero-order chi connectivity index (χ0) is 18.0. The summed E-state index contributed by atoms with van der Waals surface area (Å²) in [7, 11) is 0. The largest absolute Gasteiger partial charge is 0.370 e. The van der Waals surface area contributed by atoms with Crippen molar-refractivity contribution >= 4 is 11.8 Å². The Morgan fingerprint density at radius 1 is 1.08 bits per heavy atom. The summed E-state index contributed by atoms with van der Waals surface area (Å²) in [6.45, 7) is 4.03. The second-order valence-electron chi connectivity index (χ2n) is 6.27. The van der Waals surface area contributed by atoms with Gasteiger partial charge in [0, 0.05) is 17.0 Å².